The van der Waals surface area contributed by atoms with Gasteiger partial charge in [-0.1, -0.05) is 11.6 Å². The summed E-state index contributed by atoms with van der Waals surface area (Å²) < 4.78 is 12.6. The predicted octanol–water partition coefficient (Wildman–Crippen LogP) is 4.17. The maximum atomic E-state index is 12.5. The van der Waals surface area contributed by atoms with Crippen LogP contribution in [0.4, 0.5) is 0 Å². The molecule has 0 saturated heterocycles. The lowest BCUT2D eigenvalue weighted by atomic mass is 10.1. The molecule has 146 valence electrons. The monoisotopic (exact) mass is 399 g/mol. The summed E-state index contributed by atoms with van der Waals surface area (Å²) in [6.07, 6.45) is 3.72. The van der Waals surface area contributed by atoms with Gasteiger partial charge in [0.15, 0.2) is 11.5 Å². The first kappa shape index (κ1) is 19.8. The number of carbonyl (C=O) groups excluding carboxylic acids is 1. The maximum absolute atomic E-state index is 12.5. The predicted molar refractivity (Wildman–Crippen MR) is 109 cm³/mol. The Kier molecular flexibility index (Phi) is 6.21. The van der Waals surface area contributed by atoms with Gasteiger partial charge in [-0.2, -0.15) is 5.10 Å². The van der Waals surface area contributed by atoms with E-state index >= 15 is 0 Å². The van der Waals surface area contributed by atoms with Crippen LogP contribution in [0, 0.1) is 6.92 Å². The molecule has 3 rings (SSSR count). The van der Waals surface area contributed by atoms with Gasteiger partial charge in [-0.15, -0.1) is 0 Å². The molecule has 0 saturated carbocycles. The largest absolute Gasteiger partial charge is 0.493 e. The molecule has 0 aliphatic rings. The zero-order chi connectivity index (χ0) is 20.1. The van der Waals surface area contributed by atoms with Gasteiger partial charge in [0.25, 0.3) is 5.91 Å². The van der Waals surface area contributed by atoms with Crippen LogP contribution in [0.5, 0.6) is 11.5 Å². The van der Waals surface area contributed by atoms with Gasteiger partial charge in [-0.25, -0.2) is 4.68 Å². The van der Waals surface area contributed by atoms with Crippen molar-refractivity contribution in [2.45, 2.75) is 20.4 Å². The van der Waals surface area contributed by atoms with E-state index in [1.54, 1.807) is 42.3 Å². The standard InChI is InChI=1S/C21H22ClN3O3/c1-4-28-20-18(22)9-15(10-19(20)27-3)12-23-21(26)16-5-7-17(8-6-16)25-13-14(2)11-24-25/h5-11,13H,4,12H2,1-3H3,(H,23,26). The number of carbonyl (C=O) groups is 1. The molecule has 1 heterocycles. The van der Waals surface area contributed by atoms with E-state index in [1.807, 2.05) is 32.2 Å². The van der Waals surface area contributed by atoms with Crippen molar-refractivity contribution in [2.24, 2.45) is 0 Å². The van der Waals surface area contributed by atoms with Crippen LogP contribution >= 0.6 is 11.6 Å². The number of methoxy groups -OCH3 is 1. The number of benzene rings is 2. The van der Waals surface area contributed by atoms with Crippen molar-refractivity contribution in [1.29, 1.82) is 0 Å². The first-order valence-corrected chi connectivity index (χ1v) is 9.28. The summed E-state index contributed by atoms with van der Waals surface area (Å²) in [5, 5.41) is 7.60. The second kappa shape index (κ2) is 8.80. The van der Waals surface area contributed by atoms with Crippen LogP contribution in [0.1, 0.15) is 28.4 Å². The number of aryl methyl sites for hydroxylation is 1. The second-order valence-corrected chi connectivity index (χ2v) is 6.64. The molecule has 1 aromatic heterocycles. The molecule has 0 aliphatic carbocycles. The molecule has 0 fully saturated rings. The Balaban J connectivity index is 1.67. The average molecular weight is 400 g/mol. The Hall–Kier alpha value is -2.99. The topological polar surface area (TPSA) is 65.4 Å². The van der Waals surface area contributed by atoms with Crippen molar-refractivity contribution in [3.05, 3.63) is 70.5 Å². The average Bonchev–Trinajstić information content (AvgIpc) is 3.14. The molecule has 0 spiro atoms. The first-order chi connectivity index (χ1) is 13.5. The van der Waals surface area contributed by atoms with Gasteiger partial charge in [-0.05, 0) is 61.4 Å². The zero-order valence-electron chi connectivity index (χ0n) is 16.0. The summed E-state index contributed by atoms with van der Waals surface area (Å²) in [4.78, 5) is 12.5. The van der Waals surface area contributed by atoms with E-state index in [-0.39, 0.29) is 5.91 Å². The highest BCUT2D eigenvalue weighted by atomic mass is 35.5. The van der Waals surface area contributed by atoms with Gasteiger partial charge in [0, 0.05) is 18.3 Å². The minimum atomic E-state index is -0.174. The Bertz CT molecular complexity index is 968. The molecule has 7 heteroatoms. The molecule has 1 amide bonds. The lowest BCUT2D eigenvalue weighted by Gasteiger charge is -2.13. The summed E-state index contributed by atoms with van der Waals surface area (Å²) in [6.45, 7) is 4.66. The lowest BCUT2D eigenvalue weighted by molar-refractivity contribution is 0.0951. The van der Waals surface area contributed by atoms with Crippen molar-refractivity contribution in [3.63, 3.8) is 0 Å². The Morgan fingerprint density at radius 3 is 2.61 bits per heavy atom. The number of nitrogens with zero attached hydrogens (tertiary/aromatic N) is 2. The van der Waals surface area contributed by atoms with Crippen molar-refractivity contribution in [3.8, 4) is 17.2 Å². The second-order valence-electron chi connectivity index (χ2n) is 6.23. The molecule has 0 atom stereocenters. The molecule has 0 aliphatic heterocycles. The molecule has 0 bridgehead atoms. The number of nitrogens with one attached hydrogen (secondary N) is 1. The van der Waals surface area contributed by atoms with E-state index < -0.39 is 0 Å². The van der Waals surface area contributed by atoms with Crippen molar-refractivity contribution in [1.82, 2.24) is 15.1 Å². The molecule has 28 heavy (non-hydrogen) atoms. The Morgan fingerprint density at radius 1 is 1.25 bits per heavy atom. The number of amides is 1. The highest BCUT2D eigenvalue weighted by molar-refractivity contribution is 6.32. The smallest absolute Gasteiger partial charge is 0.251 e. The first-order valence-electron chi connectivity index (χ1n) is 8.91. The summed E-state index contributed by atoms with van der Waals surface area (Å²) in [6, 6.07) is 10.8. The fraction of sp³-hybridized carbons (Fsp3) is 0.238. The van der Waals surface area contributed by atoms with Gasteiger partial charge >= 0.3 is 0 Å². The highest BCUT2D eigenvalue weighted by Gasteiger charge is 2.13. The van der Waals surface area contributed by atoms with E-state index in [2.05, 4.69) is 10.4 Å². The number of aromatic nitrogens is 2. The molecule has 1 N–H and O–H groups in total. The van der Waals surface area contributed by atoms with E-state index in [4.69, 9.17) is 21.1 Å². The number of rotatable bonds is 7. The van der Waals surface area contributed by atoms with Crippen LogP contribution in [0.15, 0.2) is 48.8 Å². The van der Waals surface area contributed by atoms with Crippen LogP contribution in [0.25, 0.3) is 5.69 Å². The number of ether oxygens (including phenoxy) is 2. The minimum absolute atomic E-state index is 0.174. The zero-order valence-corrected chi connectivity index (χ0v) is 16.8. The van der Waals surface area contributed by atoms with Crippen LogP contribution in [0.3, 0.4) is 0 Å². The van der Waals surface area contributed by atoms with Crippen LogP contribution in [0.2, 0.25) is 5.02 Å². The fourth-order valence-corrected chi connectivity index (χ4v) is 3.05. The molecule has 6 nitrogen and oxygen atoms in total. The molecular weight excluding hydrogens is 378 g/mol. The summed E-state index contributed by atoms with van der Waals surface area (Å²) in [5.74, 6) is 0.871. The Labute approximate surface area is 169 Å². The SMILES string of the molecule is CCOc1c(Cl)cc(CNC(=O)c2ccc(-n3cc(C)cn3)cc2)cc1OC. The molecule has 2 aromatic carbocycles. The van der Waals surface area contributed by atoms with Crippen molar-refractivity contribution in [2.75, 3.05) is 13.7 Å². The van der Waals surface area contributed by atoms with Crippen LogP contribution in [-0.4, -0.2) is 29.4 Å². The number of hydrogen-bond acceptors (Lipinski definition) is 4. The van der Waals surface area contributed by atoms with Crippen molar-refractivity contribution >= 4 is 17.5 Å². The van der Waals surface area contributed by atoms with Crippen LogP contribution < -0.4 is 14.8 Å². The number of halogens is 1. The van der Waals surface area contributed by atoms with Gasteiger partial charge in [-0.3, -0.25) is 4.79 Å². The quantitative estimate of drug-likeness (QED) is 0.647. The number of hydrogen-bond donors (Lipinski definition) is 1. The molecular formula is C21H22ClN3O3. The normalized spacial score (nSPS) is 10.6. The van der Waals surface area contributed by atoms with E-state index in [0.717, 1.165) is 16.8 Å². The van der Waals surface area contributed by atoms with Gasteiger partial charge in [0.1, 0.15) is 0 Å². The van der Waals surface area contributed by atoms with Gasteiger partial charge in [0.05, 0.1) is 30.6 Å². The van der Waals surface area contributed by atoms with Crippen LogP contribution in [-0.2, 0) is 6.54 Å². The summed E-state index contributed by atoms with van der Waals surface area (Å²) >= 11 is 6.28. The summed E-state index contributed by atoms with van der Waals surface area (Å²) in [5.41, 5.74) is 3.36. The Morgan fingerprint density at radius 2 is 2.00 bits per heavy atom. The lowest BCUT2D eigenvalue weighted by Crippen LogP contribution is -2.22. The minimum Gasteiger partial charge on any atom is -0.493 e. The van der Waals surface area contributed by atoms with Gasteiger partial charge in [0.2, 0.25) is 0 Å². The summed E-state index contributed by atoms with van der Waals surface area (Å²) in [7, 11) is 1.55. The molecule has 0 unspecified atom stereocenters. The highest BCUT2D eigenvalue weighted by Crippen LogP contribution is 2.36. The maximum Gasteiger partial charge on any atom is 0.251 e. The third kappa shape index (κ3) is 4.46. The molecule has 3 aromatic rings. The fourth-order valence-electron chi connectivity index (χ4n) is 2.76. The van der Waals surface area contributed by atoms with Crippen molar-refractivity contribution < 1.29 is 14.3 Å². The molecule has 0 radical (unpaired) electrons. The third-order valence-corrected chi connectivity index (χ3v) is 4.42. The third-order valence-electron chi connectivity index (χ3n) is 4.14. The van der Waals surface area contributed by atoms with E-state index in [9.17, 15) is 4.79 Å². The van der Waals surface area contributed by atoms with E-state index in [0.29, 0.717) is 35.2 Å². The van der Waals surface area contributed by atoms with E-state index in [1.165, 1.54) is 0 Å². The van der Waals surface area contributed by atoms with Gasteiger partial charge < -0.3 is 14.8 Å².